The van der Waals surface area contributed by atoms with Crippen LogP contribution in [0.1, 0.15) is 39.6 Å². The van der Waals surface area contributed by atoms with Crippen molar-refractivity contribution in [2.75, 3.05) is 0 Å². The minimum absolute atomic E-state index is 0.185. The molecule has 0 radical (unpaired) electrons. The van der Waals surface area contributed by atoms with Crippen LogP contribution < -0.4 is 5.32 Å². The number of hydrogen-bond acceptors (Lipinski definition) is 4. The molecule has 1 fully saturated rings. The molecule has 2 atom stereocenters. The predicted octanol–water partition coefficient (Wildman–Crippen LogP) is 4.34. The van der Waals surface area contributed by atoms with Crippen LogP contribution in [0, 0.1) is 0 Å². The van der Waals surface area contributed by atoms with E-state index in [2.05, 4.69) is 15.2 Å². The van der Waals surface area contributed by atoms with Crippen LogP contribution >= 0.6 is 12.2 Å². The fraction of sp³-hybridized carbons (Fsp3) is 0.125. The molecular weight excluding hydrogens is 424 g/mol. The van der Waals surface area contributed by atoms with E-state index in [-0.39, 0.29) is 17.6 Å². The Morgan fingerprint density at radius 2 is 2.03 bits per heavy atom. The molecule has 3 aromatic heterocycles. The smallest absolute Gasteiger partial charge is 0.335 e. The number of benzene rings is 1. The van der Waals surface area contributed by atoms with Crippen LogP contribution in [0.2, 0.25) is 0 Å². The van der Waals surface area contributed by atoms with Gasteiger partial charge in [-0.1, -0.05) is 12.1 Å². The number of aromatic carboxylic acids is 1. The van der Waals surface area contributed by atoms with Crippen molar-refractivity contribution in [3.05, 3.63) is 108 Å². The fourth-order valence-corrected chi connectivity index (χ4v) is 4.43. The van der Waals surface area contributed by atoms with Gasteiger partial charge in [0.1, 0.15) is 5.76 Å². The second kappa shape index (κ2) is 8.32. The summed E-state index contributed by atoms with van der Waals surface area (Å²) in [6, 6.07) is 20.1. The van der Waals surface area contributed by atoms with Gasteiger partial charge in [0.25, 0.3) is 0 Å². The van der Waals surface area contributed by atoms with Crippen molar-refractivity contribution in [1.29, 1.82) is 0 Å². The number of carboxylic acids is 1. The molecule has 160 valence electrons. The van der Waals surface area contributed by atoms with Crippen LogP contribution in [0.5, 0.6) is 0 Å². The highest BCUT2D eigenvalue weighted by Crippen LogP contribution is 2.40. The molecule has 4 aromatic rings. The number of nitrogens with one attached hydrogen (secondary N) is 1. The Bertz CT molecular complexity index is 1250. The van der Waals surface area contributed by atoms with E-state index < -0.39 is 5.97 Å². The van der Waals surface area contributed by atoms with Gasteiger partial charge in [0.2, 0.25) is 0 Å². The largest absolute Gasteiger partial charge is 0.478 e. The number of carboxylic acid groups (broad SMARTS) is 1. The highest BCUT2D eigenvalue weighted by atomic mass is 32.1. The third kappa shape index (κ3) is 3.65. The van der Waals surface area contributed by atoms with E-state index in [9.17, 15) is 9.90 Å². The lowest BCUT2D eigenvalue weighted by molar-refractivity contribution is 0.0697. The third-order valence-electron chi connectivity index (χ3n) is 5.56. The lowest BCUT2D eigenvalue weighted by atomic mass is 10.0. The molecule has 1 aromatic carbocycles. The van der Waals surface area contributed by atoms with Crippen molar-refractivity contribution in [3.63, 3.8) is 0 Å². The molecule has 2 N–H and O–H groups in total. The summed E-state index contributed by atoms with van der Waals surface area (Å²) in [4.78, 5) is 18.2. The summed E-state index contributed by atoms with van der Waals surface area (Å²) < 4.78 is 7.59. The van der Waals surface area contributed by atoms with Crippen LogP contribution in [-0.4, -0.2) is 30.6 Å². The molecule has 7 nitrogen and oxygen atoms in total. The van der Waals surface area contributed by atoms with Crippen molar-refractivity contribution in [3.8, 4) is 5.69 Å². The third-order valence-corrected chi connectivity index (χ3v) is 5.91. The molecule has 1 aliphatic rings. The molecule has 0 unspecified atom stereocenters. The molecule has 0 bridgehead atoms. The van der Waals surface area contributed by atoms with Gasteiger partial charge in [-0.25, -0.2) is 4.79 Å². The van der Waals surface area contributed by atoms with Gasteiger partial charge in [-0.15, -0.1) is 0 Å². The number of hydrogen-bond donors (Lipinski definition) is 2. The van der Waals surface area contributed by atoms with Gasteiger partial charge in [0, 0.05) is 23.8 Å². The Morgan fingerprint density at radius 3 is 2.78 bits per heavy atom. The topological polar surface area (TPSA) is 83.5 Å². The quantitative estimate of drug-likeness (QED) is 0.428. The zero-order chi connectivity index (χ0) is 22.1. The number of carbonyl (C=O) groups is 1. The molecule has 0 amide bonds. The van der Waals surface area contributed by atoms with Gasteiger partial charge in [-0.2, -0.15) is 0 Å². The molecule has 5 rings (SSSR count). The summed E-state index contributed by atoms with van der Waals surface area (Å²) in [7, 11) is 0. The summed E-state index contributed by atoms with van der Waals surface area (Å²) >= 11 is 5.72. The molecule has 1 aliphatic heterocycles. The van der Waals surface area contributed by atoms with Crippen molar-refractivity contribution in [1.82, 2.24) is 19.8 Å². The lowest BCUT2D eigenvalue weighted by Crippen LogP contribution is -2.29. The van der Waals surface area contributed by atoms with Gasteiger partial charge in [-0.3, -0.25) is 4.98 Å². The van der Waals surface area contributed by atoms with E-state index in [4.69, 9.17) is 16.6 Å². The first-order valence-corrected chi connectivity index (χ1v) is 10.5. The maximum absolute atomic E-state index is 11.5. The average Bonchev–Trinajstić information content (AvgIpc) is 3.56. The first-order valence-electron chi connectivity index (χ1n) is 10.1. The number of rotatable bonds is 6. The van der Waals surface area contributed by atoms with Crippen LogP contribution in [0.15, 0.2) is 89.8 Å². The monoisotopic (exact) mass is 444 g/mol. The minimum Gasteiger partial charge on any atom is -0.478 e. The number of thiocarbonyl (C=S) groups is 1. The second-order valence-electron chi connectivity index (χ2n) is 7.49. The van der Waals surface area contributed by atoms with Gasteiger partial charge in [0.15, 0.2) is 5.11 Å². The second-order valence-corrected chi connectivity index (χ2v) is 7.88. The molecule has 0 spiro atoms. The molecule has 4 heterocycles. The maximum atomic E-state index is 11.5. The Labute approximate surface area is 189 Å². The predicted molar refractivity (Wildman–Crippen MR) is 122 cm³/mol. The summed E-state index contributed by atoms with van der Waals surface area (Å²) in [5.74, 6) is -0.165. The highest BCUT2D eigenvalue weighted by Gasteiger charge is 2.41. The van der Waals surface area contributed by atoms with Gasteiger partial charge in [0.05, 0.1) is 36.1 Å². The Kier molecular flexibility index (Phi) is 5.20. The van der Waals surface area contributed by atoms with E-state index in [0.717, 1.165) is 22.8 Å². The maximum Gasteiger partial charge on any atom is 0.335 e. The normalized spacial score (nSPS) is 18.0. The summed E-state index contributed by atoms with van der Waals surface area (Å²) in [6.07, 6.45) is 5.34. The summed E-state index contributed by atoms with van der Waals surface area (Å²) in [6.45, 7) is 0.493. The standard InChI is InChI=1S/C24H20N4O3S/c29-23(30)16-6-3-7-17(14-16)27-12-4-10-20(27)22-21(19-9-1-2-11-25-19)26-24(32)28(22)15-18-8-5-13-31-18/h1-14,21-22H,15H2,(H,26,32)(H,29,30)/t21-,22+/m0/s1. The minimum atomic E-state index is -0.963. The molecule has 0 saturated carbocycles. The Morgan fingerprint density at radius 1 is 1.12 bits per heavy atom. The zero-order valence-corrected chi connectivity index (χ0v) is 17.8. The van der Waals surface area contributed by atoms with Crippen LogP contribution in [0.3, 0.4) is 0 Å². The molecule has 1 saturated heterocycles. The van der Waals surface area contributed by atoms with E-state index in [1.807, 2.05) is 59.3 Å². The fourth-order valence-electron chi connectivity index (χ4n) is 4.13. The Hall–Kier alpha value is -3.91. The first kappa shape index (κ1) is 20.0. The van der Waals surface area contributed by atoms with Gasteiger partial charge in [-0.05, 0) is 66.8 Å². The Balaban J connectivity index is 1.61. The SMILES string of the molecule is O=C(O)c1cccc(-n2cccc2[C@@H]2[C@H](c3ccccn3)NC(=S)N2Cc2ccco2)c1. The van der Waals surface area contributed by atoms with E-state index in [0.29, 0.717) is 11.7 Å². The number of pyridine rings is 1. The number of aromatic nitrogens is 2. The van der Waals surface area contributed by atoms with Crippen molar-refractivity contribution in [2.45, 2.75) is 18.6 Å². The first-order chi connectivity index (χ1) is 15.6. The van der Waals surface area contributed by atoms with Crippen LogP contribution in [-0.2, 0) is 6.54 Å². The average molecular weight is 445 g/mol. The molecule has 0 aliphatic carbocycles. The van der Waals surface area contributed by atoms with Crippen molar-refractivity contribution in [2.24, 2.45) is 0 Å². The van der Waals surface area contributed by atoms with E-state index >= 15 is 0 Å². The number of nitrogens with zero attached hydrogens (tertiary/aromatic N) is 3. The zero-order valence-electron chi connectivity index (χ0n) is 17.0. The van der Waals surface area contributed by atoms with E-state index in [1.54, 1.807) is 30.7 Å². The van der Waals surface area contributed by atoms with Crippen LogP contribution in [0.25, 0.3) is 5.69 Å². The lowest BCUT2D eigenvalue weighted by Gasteiger charge is -2.28. The van der Waals surface area contributed by atoms with Crippen molar-refractivity contribution >= 4 is 23.3 Å². The summed E-state index contributed by atoms with van der Waals surface area (Å²) in [5, 5.41) is 13.5. The molecule has 32 heavy (non-hydrogen) atoms. The molecular formula is C24H20N4O3S. The van der Waals surface area contributed by atoms with E-state index in [1.165, 1.54) is 0 Å². The highest BCUT2D eigenvalue weighted by molar-refractivity contribution is 7.80. The van der Waals surface area contributed by atoms with Crippen molar-refractivity contribution < 1.29 is 14.3 Å². The number of furan rings is 1. The van der Waals surface area contributed by atoms with Gasteiger partial charge >= 0.3 is 5.97 Å². The summed E-state index contributed by atoms with van der Waals surface area (Å²) in [5.41, 5.74) is 2.83. The molecule has 8 heteroatoms. The van der Waals surface area contributed by atoms with Crippen LogP contribution in [0.4, 0.5) is 0 Å². The van der Waals surface area contributed by atoms with Gasteiger partial charge < -0.3 is 24.3 Å².